The third kappa shape index (κ3) is 5.54. The number of benzene rings is 1. The van der Waals surface area contributed by atoms with Crippen LogP contribution in [0.2, 0.25) is 5.02 Å². The molecule has 1 aromatic heterocycles. The molecule has 2 N–H and O–H groups in total. The number of hydrogen-bond acceptors (Lipinski definition) is 6. The first-order chi connectivity index (χ1) is 14.4. The van der Waals surface area contributed by atoms with E-state index in [1.165, 1.54) is 28.6 Å². The van der Waals surface area contributed by atoms with E-state index in [-0.39, 0.29) is 24.5 Å². The molecule has 1 aliphatic heterocycles. The van der Waals surface area contributed by atoms with Gasteiger partial charge in [0.1, 0.15) is 6.23 Å². The number of aromatic nitrogens is 1. The first-order valence-electron chi connectivity index (χ1n) is 9.23. The van der Waals surface area contributed by atoms with Gasteiger partial charge in [0.2, 0.25) is 10.0 Å². The van der Waals surface area contributed by atoms with E-state index >= 15 is 0 Å². The molecule has 1 fully saturated rings. The van der Waals surface area contributed by atoms with E-state index in [1.807, 2.05) is 0 Å². The summed E-state index contributed by atoms with van der Waals surface area (Å²) in [6.45, 7) is 0.517. The molecule has 1 atom stereocenters. The Morgan fingerprint density at radius 2 is 1.87 bits per heavy atom. The normalized spacial score (nSPS) is 17.3. The maximum Gasteiger partial charge on any atom is 0.309 e. The Hall–Kier alpha value is -2.53. The van der Waals surface area contributed by atoms with Gasteiger partial charge >= 0.3 is 11.8 Å². The SMILES string of the molecule is O=C(NCc1ccccn1)C(=O)NCC1OCCCN1S(=O)(=O)c1ccc(Cl)cc1. The maximum absolute atomic E-state index is 13.0. The van der Waals surface area contributed by atoms with E-state index in [0.29, 0.717) is 23.7 Å². The Morgan fingerprint density at radius 3 is 2.57 bits per heavy atom. The zero-order valence-electron chi connectivity index (χ0n) is 16.0. The van der Waals surface area contributed by atoms with Crippen molar-refractivity contribution < 1.29 is 22.7 Å². The highest BCUT2D eigenvalue weighted by atomic mass is 35.5. The fraction of sp³-hybridized carbons (Fsp3) is 0.316. The van der Waals surface area contributed by atoms with Gasteiger partial charge in [-0.15, -0.1) is 0 Å². The maximum atomic E-state index is 13.0. The second-order valence-corrected chi connectivity index (χ2v) is 8.79. The summed E-state index contributed by atoms with van der Waals surface area (Å²) < 4.78 is 32.6. The molecular formula is C19H21ClN4O5S. The number of nitrogens with one attached hydrogen (secondary N) is 2. The average molecular weight is 453 g/mol. The van der Waals surface area contributed by atoms with Gasteiger partial charge in [0.15, 0.2) is 0 Å². The number of carbonyl (C=O) groups excluding carboxylic acids is 2. The molecule has 0 radical (unpaired) electrons. The zero-order valence-corrected chi connectivity index (χ0v) is 17.5. The molecule has 0 saturated carbocycles. The summed E-state index contributed by atoms with van der Waals surface area (Å²) in [4.78, 5) is 28.2. The lowest BCUT2D eigenvalue weighted by atomic mass is 10.3. The first-order valence-corrected chi connectivity index (χ1v) is 11.0. The van der Waals surface area contributed by atoms with Crippen LogP contribution in [0.1, 0.15) is 12.1 Å². The van der Waals surface area contributed by atoms with Crippen molar-refractivity contribution in [2.45, 2.75) is 24.1 Å². The summed E-state index contributed by atoms with van der Waals surface area (Å²) in [6.07, 6.45) is 1.17. The van der Waals surface area contributed by atoms with Gasteiger partial charge < -0.3 is 15.4 Å². The number of ether oxygens (including phenoxy) is 1. The molecule has 0 spiro atoms. The van der Waals surface area contributed by atoms with E-state index in [1.54, 1.807) is 24.4 Å². The molecule has 30 heavy (non-hydrogen) atoms. The summed E-state index contributed by atoms with van der Waals surface area (Å²) in [7, 11) is -3.85. The van der Waals surface area contributed by atoms with Crippen LogP contribution in [0, 0.1) is 0 Å². The van der Waals surface area contributed by atoms with Crippen molar-refractivity contribution in [2.24, 2.45) is 0 Å². The summed E-state index contributed by atoms with van der Waals surface area (Å²) in [5.74, 6) is -1.73. The molecule has 11 heteroatoms. The monoisotopic (exact) mass is 452 g/mol. The van der Waals surface area contributed by atoms with Crippen molar-refractivity contribution in [2.75, 3.05) is 19.7 Å². The van der Waals surface area contributed by atoms with Gasteiger partial charge in [-0.1, -0.05) is 17.7 Å². The van der Waals surface area contributed by atoms with E-state index in [0.717, 1.165) is 0 Å². The van der Waals surface area contributed by atoms with Crippen LogP contribution in [0.5, 0.6) is 0 Å². The van der Waals surface area contributed by atoms with Gasteiger partial charge in [-0.25, -0.2) is 8.42 Å². The van der Waals surface area contributed by atoms with Gasteiger partial charge in [0.25, 0.3) is 0 Å². The second-order valence-electron chi connectivity index (χ2n) is 6.46. The number of hydrogen-bond donors (Lipinski definition) is 2. The summed E-state index contributed by atoms with van der Waals surface area (Å²) >= 11 is 5.83. The van der Waals surface area contributed by atoms with Crippen molar-refractivity contribution >= 4 is 33.4 Å². The summed E-state index contributed by atoms with van der Waals surface area (Å²) in [6, 6.07) is 11.0. The Morgan fingerprint density at radius 1 is 1.13 bits per heavy atom. The van der Waals surface area contributed by atoms with E-state index in [4.69, 9.17) is 16.3 Å². The van der Waals surface area contributed by atoms with Crippen LogP contribution >= 0.6 is 11.6 Å². The number of rotatable bonds is 6. The summed E-state index contributed by atoms with van der Waals surface area (Å²) in [5, 5.41) is 5.31. The van der Waals surface area contributed by atoms with Gasteiger partial charge in [-0.2, -0.15) is 4.31 Å². The minimum absolute atomic E-state index is 0.0711. The quantitative estimate of drug-likeness (QED) is 0.629. The molecule has 2 aromatic rings. The molecular weight excluding hydrogens is 432 g/mol. The zero-order chi connectivity index (χ0) is 21.6. The Bertz CT molecular complexity index is 986. The highest BCUT2D eigenvalue weighted by Gasteiger charge is 2.34. The largest absolute Gasteiger partial charge is 0.360 e. The summed E-state index contributed by atoms with van der Waals surface area (Å²) in [5.41, 5.74) is 0.606. The average Bonchev–Trinajstić information content (AvgIpc) is 2.77. The molecule has 1 aliphatic rings. The molecule has 3 rings (SSSR count). The highest BCUT2D eigenvalue weighted by Crippen LogP contribution is 2.23. The molecule has 160 valence electrons. The Kier molecular flexibility index (Phi) is 7.38. The molecule has 0 bridgehead atoms. The molecule has 2 heterocycles. The smallest absolute Gasteiger partial charge is 0.309 e. The van der Waals surface area contributed by atoms with E-state index < -0.39 is 28.1 Å². The number of nitrogens with zero attached hydrogens (tertiary/aromatic N) is 2. The lowest BCUT2D eigenvalue weighted by molar-refractivity contribution is -0.140. The fourth-order valence-electron chi connectivity index (χ4n) is 2.86. The minimum atomic E-state index is -3.85. The third-order valence-corrected chi connectivity index (χ3v) is 6.53. The van der Waals surface area contributed by atoms with Crippen molar-refractivity contribution in [3.63, 3.8) is 0 Å². The lowest BCUT2D eigenvalue weighted by Gasteiger charge is -2.34. The standard InChI is InChI=1S/C19H21ClN4O5S/c20-14-5-7-16(8-6-14)30(27,28)24-10-3-11-29-17(24)13-23-19(26)18(25)22-12-15-4-1-2-9-21-15/h1-2,4-9,17H,3,10-13H2,(H,22,25)(H,23,26). The predicted molar refractivity (Wildman–Crippen MR) is 109 cm³/mol. The van der Waals surface area contributed by atoms with Crippen molar-refractivity contribution in [3.05, 3.63) is 59.4 Å². The van der Waals surface area contributed by atoms with Crippen LogP contribution in [-0.4, -0.2) is 55.4 Å². The Balaban J connectivity index is 1.59. The third-order valence-electron chi connectivity index (χ3n) is 4.37. The lowest BCUT2D eigenvalue weighted by Crippen LogP contribution is -2.53. The number of amides is 2. The van der Waals surface area contributed by atoms with Crippen LogP contribution in [0.15, 0.2) is 53.6 Å². The molecule has 9 nitrogen and oxygen atoms in total. The van der Waals surface area contributed by atoms with E-state index in [9.17, 15) is 18.0 Å². The van der Waals surface area contributed by atoms with Crippen molar-refractivity contribution in [1.29, 1.82) is 0 Å². The number of pyridine rings is 1. The Labute approximate surface area is 179 Å². The van der Waals surface area contributed by atoms with Crippen LogP contribution in [-0.2, 0) is 30.9 Å². The molecule has 2 amide bonds. The van der Waals surface area contributed by atoms with Crippen LogP contribution in [0.3, 0.4) is 0 Å². The second kappa shape index (κ2) is 9.98. The molecule has 1 unspecified atom stereocenters. The minimum Gasteiger partial charge on any atom is -0.360 e. The molecule has 0 aliphatic carbocycles. The van der Waals surface area contributed by atoms with Gasteiger partial charge in [-0.05, 0) is 42.8 Å². The topological polar surface area (TPSA) is 118 Å². The van der Waals surface area contributed by atoms with Gasteiger partial charge in [0.05, 0.1) is 30.3 Å². The van der Waals surface area contributed by atoms with E-state index in [2.05, 4.69) is 15.6 Å². The number of sulfonamides is 1. The van der Waals surface area contributed by atoms with Crippen LogP contribution in [0.4, 0.5) is 0 Å². The van der Waals surface area contributed by atoms with Crippen LogP contribution < -0.4 is 10.6 Å². The fourth-order valence-corrected chi connectivity index (χ4v) is 4.55. The number of carbonyl (C=O) groups is 2. The number of halogens is 1. The predicted octanol–water partition coefficient (Wildman–Crippen LogP) is 0.905. The first kappa shape index (κ1) is 22.2. The van der Waals surface area contributed by atoms with Crippen molar-refractivity contribution in [3.8, 4) is 0 Å². The van der Waals surface area contributed by atoms with Crippen LogP contribution in [0.25, 0.3) is 0 Å². The molecule has 1 saturated heterocycles. The van der Waals surface area contributed by atoms with Gasteiger partial charge in [-0.3, -0.25) is 14.6 Å². The highest BCUT2D eigenvalue weighted by molar-refractivity contribution is 7.89. The van der Waals surface area contributed by atoms with Gasteiger partial charge in [0, 0.05) is 17.8 Å². The van der Waals surface area contributed by atoms with Crippen molar-refractivity contribution in [1.82, 2.24) is 19.9 Å². The molecule has 1 aromatic carbocycles.